The number of fused-ring (bicyclic) bond motifs is 2. The molecule has 0 fully saturated rings. The second-order valence-corrected chi connectivity index (χ2v) is 4.66. The summed E-state index contributed by atoms with van der Waals surface area (Å²) >= 11 is 10.9. The van der Waals surface area contributed by atoms with Gasteiger partial charge in [-0.1, -0.05) is 24.4 Å². The molecule has 2 nitrogen and oxygen atoms in total. The standard InChI is InChI=1S/C14H7ClO2S/c15-14(16)8-5-6-12-10(7-8)13(18)9-3-1-2-4-11(9)17-12/h1-7H. The molecule has 0 amide bonds. The highest BCUT2D eigenvalue weighted by Crippen LogP contribution is 2.26. The molecule has 0 atom stereocenters. The fourth-order valence-electron chi connectivity index (χ4n) is 1.93. The predicted octanol–water partition coefficient (Wildman–Crippen LogP) is 4.69. The van der Waals surface area contributed by atoms with Crippen LogP contribution in [0.25, 0.3) is 21.9 Å². The third-order valence-corrected chi connectivity index (χ3v) is 3.46. The summed E-state index contributed by atoms with van der Waals surface area (Å²) in [5.74, 6) is 0. The van der Waals surface area contributed by atoms with Crippen LogP contribution < -0.4 is 0 Å². The second kappa shape index (κ2) is 4.19. The van der Waals surface area contributed by atoms with E-state index in [4.69, 9.17) is 28.2 Å². The summed E-state index contributed by atoms with van der Waals surface area (Å²) in [5, 5.41) is 1.09. The average Bonchev–Trinajstić information content (AvgIpc) is 2.38. The van der Waals surface area contributed by atoms with E-state index in [9.17, 15) is 4.79 Å². The van der Waals surface area contributed by atoms with Crippen molar-refractivity contribution in [1.82, 2.24) is 0 Å². The highest BCUT2D eigenvalue weighted by Gasteiger charge is 2.08. The van der Waals surface area contributed by atoms with Crippen LogP contribution in [0.1, 0.15) is 10.4 Å². The van der Waals surface area contributed by atoms with Crippen LogP contribution in [0.3, 0.4) is 0 Å². The van der Waals surface area contributed by atoms with Gasteiger partial charge in [0.05, 0.1) is 4.51 Å². The maximum atomic E-state index is 11.2. The van der Waals surface area contributed by atoms with Gasteiger partial charge in [0.15, 0.2) is 0 Å². The lowest BCUT2D eigenvalue weighted by atomic mass is 10.1. The van der Waals surface area contributed by atoms with Crippen LogP contribution in [-0.4, -0.2) is 5.24 Å². The summed E-state index contributed by atoms with van der Waals surface area (Å²) in [6.45, 7) is 0. The maximum absolute atomic E-state index is 11.2. The number of benzene rings is 2. The number of hydrogen-bond donors (Lipinski definition) is 0. The van der Waals surface area contributed by atoms with E-state index in [1.54, 1.807) is 18.2 Å². The molecule has 88 valence electrons. The zero-order valence-corrected chi connectivity index (χ0v) is 10.7. The molecule has 0 spiro atoms. The van der Waals surface area contributed by atoms with Gasteiger partial charge in [-0.3, -0.25) is 4.79 Å². The highest BCUT2D eigenvalue weighted by atomic mass is 35.5. The van der Waals surface area contributed by atoms with Crippen molar-refractivity contribution < 1.29 is 9.21 Å². The smallest absolute Gasteiger partial charge is 0.252 e. The highest BCUT2D eigenvalue weighted by molar-refractivity contribution is 7.72. The molecule has 0 bridgehead atoms. The van der Waals surface area contributed by atoms with E-state index in [1.807, 2.05) is 24.3 Å². The number of carbonyl (C=O) groups excluding carboxylic acids is 1. The molecule has 4 heteroatoms. The van der Waals surface area contributed by atoms with Gasteiger partial charge in [0.25, 0.3) is 5.24 Å². The number of halogens is 1. The van der Waals surface area contributed by atoms with Gasteiger partial charge in [-0.15, -0.1) is 0 Å². The van der Waals surface area contributed by atoms with Gasteiger partial charge in [-0.05, 0) is 41.9 Å². The number of hydrogen-bond acceptors (Lipinski definition) is 3. The Morgan fingerprint density at radius 3 is 2.56 bits per heavy atom. The molecule has 0 N–H and O–H groups in total. The molecule has 0 radical (unpaired) electrons. The number of para-hydroxylation sites is 1. The Morgan fingerprint density at radius 1 is 1.06 bits per heavy atom. The van der Waals surface area contributed by atoms with Gasteiger partial charge in [-0.25, -0.2) is 0 Å². The van der Waals surface area contributed by atoms with Gasteiger partial charge >= 0.3 is 0 Å². The normalized spacial score (nSPS) is 10.9. The van der Waals surface area contributed by atoms with E-state index in [0.717, 1.165) is 16.4 Å². The van der Waals surface area contributed by atoms with Crippen molar-refractivity contribution in [3.8, 4) is 0 Å². The molecular weight excluding hydrogens is 268 g/mol. The summed E-state index contributed by atoms with van der Waals surface area (Å²) < 4.78 is 6.41. The van der Waals surface area contributed by atoms with E-state index < -0.39 is 5.24 Å². The van der Waals surface area contributed by atoms with Crippen molar-refractivity contribution in [2.45, 2.75) is 0 Å². The summed E-state index contributed by atoms with van der Waals surface area (Å²) in [4.78, 5) is 11.2. The van der Waals surface area contributed by atoms with Crippen LogP contribution in [0.15, 0.2) is 46.9 Å². The van der Waals surface area contributed by atoms with Crippen molar-refractivity contribution in [2.75, 3.05) is 0 Å². The van der Waals surface area contributed by atoms with Gasteiger partial charge in [0.2, 0.25) is 0 Å². The van der Waals surface area contributed by atoms with Crippen molar-refractivity contribution >= 4 is 51.0 Å². The first-order valence-corrected chi connectivity index (χ1v) is 6.11. The molecule has 2 aromatic carbocycles. The minimum absolute atomic E-state index is 0.417. The molecule has 0 saturated carbocycles. The SMILES string of the molecule is O=C(Cl)c1ccc2oc3ccccc3c(=S)c2c1. The van der Waals surface area contributed by atoms with Crippen LogP contribution in [0.2, 0.25) is 0 Å². The Bertz CT molecular complexity index is 836. The first kappa shape index (κ1) is 11.4. The first-order valence-electron chi connectivity index (χ1n) is 5.32. The summed E-state index contributed by atoms with van der Waals surface area (Å²) in [6, 6.07) is 12.6. The Morgan fingerprint density at radius 2 is 1.78 bits per heavy atom. The third-order valence-electron chi connectivity index (χ3n) is 2.80. The van der Waals surface area contributed by atoms with Crippen molar-refractivity contribution in [3.05, 3.63) is 52.5 Å². The number of rotatable bonds is 1. The monoisotopic (exact) mass is 274 g/mol. The van der Waals surface area contributed by atoms with E-state index in [1.165, 1.54) is 0 Å². The van der Waals surface area contributed by atoms with Gasteiger partial charge < -0.3 is 4.42 Å². The fraction of sp³-hybridized carbons (Fsp3) is 0. The van der Waals surface area contributed by atoms with Crippen molar-refractivity contribution in [2.24, 2.45) is 0 Å². The lowest BCUT2D eigenvalue weighted by molar-refractivity contribution is 0.108. The van der Waals surface area contributed by atoms with Gasteiger partial charge in [0, 0.05) is 16.3 Å². The van der Waals surface area contributed by atoms with E-state index in [2.05, 4.69) is 0 Å². The van der Waals surface area contributed by atoms with Crippen LogP contribution in [0.4, 0.5) is 0 Å². The van der Waals surface area contributed by atoms with Gasteiger partial charge in [0.1, 0.15) is 11.2 Å². The molecule has 0 aliphatic carbocycles. The predicted molar refractivity (Wildman–Crippen MR) is 74.7 cm³/mol. The molecule has 3 aromatic rings. The summed E-state index contributed by atoms with van der Waals surface area (Å²) in [7, 11) is 0. The molecule has 0 aliphatic heterocycles. The van der Waals surface area contributed by atoms with E-state index >= 15 is 0 Å². The molecular formula is C14H7ClO2S. The molecule has 18 heavy (non-hydrogen) atoms. The van der Waals surface area contributed by atoms with Crippen LogP contribution >= 0.6 is 23.8 Å². The summed E-state index contributed by atoms with van der Waals surface area (Å²) in [6.07, 6.45) is 0. The van der Waals surface area contributed by atoms with Crippen LogP contribution in [0, 0.1) is 4.51 Å². The quantitative estimate of drug-likeness (QED) is 0.366. The third kappa shape index (κ3) is 1.72. The Kier molecular flexibility index (Phi) is 2.65. The summed E-state index contributed by atoms with van der Waals surface area (Å²) in [5.41, 5.74) is 1.81. The minimum atomic E-state index is -0.501. The van der Waals surface area contributed by atoms with Crippen LogP contribution in [-0.2, 0) is 0 Å². The molecule has 0 aliphatic rings. The average molecular weight is 275 g/mol. The topological polar surface area (TPSA) is 30.2 Å². The van der Waals surface area contributed by atoms with Crippen LogP contribution in [0.5, 0.6) is 0 Å². The maximum Gasteiger partial charge on any atom is 0.252 e. The molecule has 0 saturated heterocycles. The molecule has 1 heterocycles. The Balaban J connectivity index is 2.49. The van der Waals surface area contributed by atoms with E-state index in [-0.39, 0.29) is 0 Å². The molecule has 1 aromatic heterocycles. The number of carbonyl (C=O) groups is 1. The lowest BCUT2D eigenvalue weighted by Crippen LogP contribution is -1.88. The first-order chi connectivity index (χ1) is 8.66. The zero-order valence-electron chi connectivity index (χ0n) is 9.14. The second-order valence-electron chi connectivity index (χ2n) is 3.91. The zero-order chi connectivity index (χ0) is 12.7. The Labute approximate surface area is 113 Å². The van der Waals surface area contributed by atoms with Crippen molar-refractivity contribution in [3.63, 3.8) is 0 Å². The lowest BCUT2D eigenvalue weighted by Gasteiger charge is -2.03. The Hall–Kier alpha value is -1.71. The molecule has 3 rings (SSSR count). The van der Waals surface area contributed by atoms with E-state index in [0.29, 0.717) is 15.7 Å². The van der Waals surface area contributed by atoms with Crippen molar-refractivity contribution in [1.29, 1.82) is 0 Å². The largest absolute Gasteiger partial charge is 0.456 e. The fourth-order valence-corrected chi connectivity index (χ4v) is 2.37. The minimum Gasteiger partial charge on any atom is -0.456 e. The van der Waals surface area contributed by atoms with Gasteiger partial charge in [-0.2, -0.15) is 0 Å². The molecule has 0 unspecified atom stereocenters.